The van der Waals surface area contributed by atoms with Crippen molar-refractivity contribution in [3.63, 3.8) is 0 Å². The lowest BCUT2D eigenvalue weighted by molar-refractivity contribution is 0.0919. The van der Waals surface area contributed by atoms with Crippen LogP contribution in [-0.4, -0.2) is 33.7 Å². The van der Waals surface area contributed by atoms with Gasteiger partial charge in [-0.25, -0.2) is 0 Å². The van der Waals surface area contributed by atoms with Gasteiger partial charge < -0.3 is 23.4 Å². The van der Waals surface area contributed by atoms with Crippen LogP contribution in [-0.2, 0) is 0 Å². The highest BCUT2D eigenvalue weighted by Crippen LogP contribution is 2.36. The minimum atomic E-state index is -0.176. The van der Waals surface area contributed by atoms with Gasteiger partial charge in [0.2, 0.25) is 0 Å². The topological polar surface area (TPSA) is 84.2 Å². The Hall–Kier alpha value is -4.26. The molecule has 0 spiro atoms. The standard InChI is InChI=1S/C28H26O7/c1-16-27-22(29)12-20(14-26(33-5)28(27)17(2)35-16)19-8-11-24(25(13-19)32-4)34-15-23(30)18-6-9-21(31-3)10-7-18/h6-14H,15H2,1-5H3. The second kappa shape index (κ2) is 9.93. The lowest BCUT2D eigenvalue weighted by atomic mass is 10.1. The van der Waals surface area contributed by atoms with Crippen molar-refractivity contribution in [2.45, 2.75) is 13.8 Å². The van der Waals surface area contributed by atoms with Crippen LogP contribution in [0.1, 0.15) is 21.9 Å². The van der Waals surface area contributed by atoms with Gasteiger partial charge in [-0.05, 0) is 73.5 Å². The van der Waals surface area contributed by atoms with Crippen molar-refractivity contribution in [1.82, 2.24) is 0 Å². The molecule has 7 heteroatoms. The Morgan fingerprint density at radius 2 is 1.40 bits per heavy atom. The number of ether oxygens (including phenoxy) is 4. The Kier molecular flexibility index (Phi) is 6.78. The number of benzene rings is 2. The van der Waals surface area contributed by atoms with Crippen LogP contribution in [0.4, 0.5) is 0 Å². The third-order valence-electron chi connectivity index (χ3n) is 5.81. The predicted molar refractivity (Wildman–Crippen MR) is 133 cm³/mol. The summed E-state index contributed by atoms with van der Waals surface area (Å²) in [6.45, 7) is 3.41. The lowest BCUT2D eigenvalue weighted by Crippen LogP contribution is -2.12. The van der Waals surface area contributed by atoms with E-state index in [9.17, 15) is 9.59 Å². The van der Waals surface area contributed by atoms with E-state index in [-0.39, 0.29) is 17.8 Å². The number of rotatable bonds is 8. The SMILES string of the molecule is COc1ccc(C(=O)COc2ccc(-c3cc(OC)c4c(C)oc(C)c4c(=O)c3)cc2OC)cc1. The van der Waals surface area contributed by atoms with Gasteiger partial charge in [0.1, 0.15) is 23.0 Å². The van der Waals surface area contributed by atoms with E-state index in [0.717, 1.165) is 5.56 Å². The smallest absolute Gasteiger partial charge is 0.200 e. The fourth-order valence-corrected chi connectivity index (χ4v) is 4.04. The second-order valence-electron chi connectivity index (χ2n) is 7.95. The zero-order valence-corrected chi connectivity index (χ0v) is 20.3. The van der Waals surface area contributed by atoms with Crippen LogP contribution in [0.25, 0.3) is 21.9 Å². The summed E-state index contributed by atoms with van der Waals surface area (Å²) in [6, 6.07) is 15.5. The van der Waals surface area contributed by atoms with Gasteiger partial charge in [-0.15, -0.1) is 0 Å². The molecule has 180 valence electrons. The normalized spacial score (nSPS) is 10.8. The van der Waals surface area contributed by atoms with Gasteiger partial charge in [0.25, 0.3) is 0 Å². The van der Waals surface area contributed by atoms with Crippen molar-refractivity contribution >= 4 is 16.6 Å². The Morgan fingerprint density at radius 1 is 0.743 bits per heavy atom. The van der Waals surface area contributed by atoms with Gasteiger partial charge in [0, 0.05) is 5.56 Å². The van der Waals surface area contributed by atoms with Crippen molar-refractivity contribution in [1.29, 1.82) is 0 Å². The van der Waals surface area contributed by atoms with Crippen molar-refractivity contribution in [3.8, 4) is 34.1 Å². The van der Waals surface area contributed by atoms with Crippen LogP contribution < -0.4 is 24.4 Å². The third kappa shape index (κ3) is 4.71. The summed E-state index contributed by atoms with van der Waals surface area (Å²) < 4.78 is 27.7. The van der Waals surface area contributed by atoms with Gasteiger partial charge in [-0.2, -0.15) is 0 Å². The van der Waals surface area contributed by atoms with E-state index in [1.807, 2.05) is 0 Å². The van der Waals surface area contributed by atoms with E-state index < -0.39 is 0 Å². The largest absolute Gasteiger partial charge is 0.497 e. The molecular weight excluding hydrogens is 448 g/mol. The molecule has 1 aromatic heterocycles. The fourth-order valence-electron chi connectivity index (χ4n) is 4.04. The molecule has 4 rings (SSSR count). The number of hydrogen-bond acceptors (Lipinski definition) is 7. The van der Waals surface area contributed by atoms with E-state index in [1.54, 1.807) is 82.7 Å². The number of methoxy groups -OCH3 is 3. The van der Waals surface area contributed by atoms with Gasteiger partial charge in [0.15, 0.2) is 29.3 Å². The molecular formula is C28H26O7. The molecule has 0 radical (unpaired) electrons. The lowest BCUT2D eigenvalue weighted by Gasteiger charge is -2.12. The molecule has 0 saturated carbocycles. The summed E-state index contributed by atoms with van der Waals surface area (Å²) in [5.41, 5.74) is 1.73. The molecule has 0 aliphatic carbocycles. The first-order valence-corrected chi connectivity index (χ1v) is 11.0. The highest BCUT2D eigenvalue weighted by atomic mass is 16.5. The maximum atomic E-state index is 13.0. The highest BCUT2D eigenvalue weighted by Gasteiger charge is 2.17. The Balaban J connectivity index is 1.65. The Morgan fingerprint density at radius 3 is 2.06 bits per heavy atom. The van der Waals surface area contributed by atoms with E-state index in [2.05, 4.69) is 0 Å². The first-order chi connectivity index (χ1) is 16.9. The zero-order chi connectivity index (χ0) is 25.1. The van der Waals surface area contributed by atoms with Crippen molar-refractivity contribution in [2.75, 3.05) is 27.9 Å². The van der Waals surface area contributed by atoms with Crippen molar-refractivity contribution in [2.24, 2.45) is 0 Å². The number of ketones is 1. The molecule has 3 aromatic carbocycles. The van der Waals surface area contributed by atoms with E-state index in [1.165, 1.54) is 7.11 Å². The highest BCUT2D eigenvalue weighted by molar-refractivity contribution is 5.97. The van der Waals surface area contributed by atoms with Crippen molar-refractivity contribution in [3.05, 3.63) is 81.9 Å². The average molecular weight is 475 g/mol. The molecule has 0 aliphatic rings. The number of carbonyl (C=O) groups is 1. The fraction of sp³-hybridized carbons (Fsp3) is 0.214. The second-order valence-corrected chi connectivity index (χ2v) is 7.95. The summed E-state index contributed by atoms with van der Waals surface area (Å²) in [4.78, 5) is 25.6. The molecule has 0 atom stereocenters. The molecule has 7 nitrogen and oxygen atoms in total. The Labute approximate surface area is 202 Å². The van der Waals surface area contributed by atoms with Gasteiger partial charge >= 0.3 is 0 Å². The van der Waals surface area contributed by atoms with Crippen LogP contribution >= 0.6 is 0 Å². The Bertz CT molecular complexity index is 1450. The first-order valence-electron chi connectivity index (χ1n) is 11.0. The number of Topliss-reactive ketones (excluding diaryl/α,β-unsaturated/α-hetero) is 1. The summed E-state index contributed by atoms with van der Waals surface area (Å²) >= 11 is 0. The molecule has 0 amide bonds. The summed E-state index contributed by atoms with van der Waals surface area (Å²) in [5.74, 6) is 3.05. The molecule has 0 bridgehead atoms. The third-order valence-corrected chi connectivity index (χ3v) is 5.81. The van der Waals surface area contributed by atoms with Crippen molar-refractivity contribution < 1.29 is 28.2 Å². The molecule has 4 aromatic rings. The molecule has 0 N–H and O–H groups in total. The summed E-state index contributed by atoms with van der Waals surface area (Å²) in [5, 5.41) is 1.15. The van der Waals surface area contributed by atoms with E-state index >= 15 is 0 Å². The summed E-state index contributed by atoms with van der Waals surface area (Å²) in [6.07, 6.45) is 0. The number of aryl methyl sites for hydroxylation is 2. The van der Waals surface area contributed by atoms with Gasteiger partial charge in [-0.3, -0.25) is 9.59 Å². The maximum absolute atomic E-state index is 13.0. The molecule has 1 heterocycles. The first kappa shape index (κ1) is 23.9. The van der Waals surface area contributed by atoms with E-state index in [0.29, 0.717) is 56.4 Å². The average Bonchev–Trinajstić information content (AvgIpc) is 3.08. The minimum Gasteiger partial charge on any atom is -0.497 e. The molecule has 0 saturated heterocycles. The summed E-state index contributed by atoms with van der Waals surface area (Å²) in [7, 11) is 4.64. The zero-order valence-electron chi connectivity index (χ0n) is 20.3. The van der Waals surface area contributed by atoms with Crippen LogP contribution in [0.2, 0.25) is 0 Å². The van der Waals surface area contributed by atoms with E-state index in [4.69, 9.17) is 23.4 Å². The molecule has 0 fully saturated rings. The molecule has 0 unspecified atom stereocenters. The number of carbonyl (C=O) groups excluding carboxylic acids is 1. The molecule has 35 heavy (non-hydrogen) atoms. The monoisotopic (exact) mass is 474 g/mol. The number of furan rings is 1. The van der Waals surface area contributed by atoms with Crippen LogP contribution in [0.5, 0.6) is 23.0 Å². The molecule has 0 aliphatic heterocycles. The van der Waals surface area contributed by atoms with Gasteiger partial charge in [0.05, 0.1) is 32.1 Å². The maximum Gasteiger partial charge on any atom is 0.200 e. The predicted octanol–water partition coefficient (Wildman–Crippen LogP) is 5.36. The quantitative estimate of drug-likeness (QED) is 0.318. The number of fused-ring (bicyclic) bond motifs is 1. The van der Waals surface area contributed by atoms with Crippen LogP contribution in [0.15, 0.2) is 63.8 Å². The van der Waals surface area contributed by atoms with Gasteiger partial charge in [-0.1, -0.05) is 6.07 Å². The number of hydrogen-bond donors (Lipinski definition) is 0. The minimum absolute atomic E-state index is 0.155. The van der Waals surface area contributed by atoms with Crippen LogP contribution in [0, 0.1) is 13.8 Å². The van der Waals surface area contributed by atoms with Crippen LogP contribution in [0.3, 0.4) is 0 Å².